The van der Waals surface area contributed by atoms with E-state index in [4.69, 9.17) is 15.2 Å². The third kappa shape index (κ3) is 5.72. The molecule has 1 aliphatic heterocycles. The zero-order valence-electron chi connectivity index (χ0n) is 17.4. The van der Waals surface area contributed by atoms with Gasteiger partial charge in [-0.05, 0) is 31.2 Å². The first kappa shape index (κ1) is 21.6. The molecule has 3 rings (SSSR count). The van der Waals surface area contributed by atoms with E-state index in [1.807, 2.05) is 31.2 Å². The highest BCUT2D eigenvalue weighted by atomic mass is 16.5. The molecule has 2 aromatic rings. The third-order valence-corrected chi connectivity index (χ3v) is 4.43. The highest BCUT2D eigenvalue weighted by Crippen LogP contribution is 2.29. The predicted molar refractivity (Wildman–Crippen MR) is 119 cm³/mol. The van der Waals surface area contributed by atoms with E-state index in [0.29, 0.717) is 17.2 Å². The summed E-state index contributed by atoms with van der Waals surface area (Å²) < 4.78 is 10.4. The lowest BCUT2D eigenvalue weighted by Gasteiger charge is -2.12. The molecule has 1 aliphatic rings. The Morgan fingerprint density at radius 2 is 1.90 bits per heavy atom. The maximum absolute atomic E-state index is 12.4. The zero-order chi connectivity index (χ0) is 22.4. The molecule has 31 heavy (non-hydrogen) atoms. The van der Waals surface area contributed by atoms with Crippen LogP contribution >= 0.6 is 0 Å². The van der Waals surface area contributed by atoms with Crippen molar-refractivity contribution in [1.82, 2.24) is 5.32 Å². The van der Waals surface area contributed by atoms with E-state index in [1.54, 1.807) is 18.2 Å². The molecule has 0 aliphatic carbocycles. The van der Waals surface area contributed by atoms with Crippen LogP contribution in [0.4, 0.5) is 11.4 Å². The number of nitrogens with one attached hydrogen (secondary N) is 3. The average molecular weight is 424 g/mol. The number of guanidine groups is 2. The lowest BCUT2D eigenvalue weighted by atomic mass is 10.2. The van der Waals surface area contributed by atoms with Gasteiger partial charge in [0.15, 0.2) is 0 Å². The molecule has 0 bridgehead atoms. The summed E-state index contributed by atoms with van der Waals surface area (Å²) in [4.78, 5) is 32.8. The van der Waals surface area contributed by atoms with Crippen LogP contribution in [0.25, 0.3) is 0 Å². The standard InChI is InChI=1S/C21H24N6O4/c1-12-4-6-13(7-5-12)23-20(22)27-21-25-16(19(29)26-21)11-18(28)24-15-9-8-14(30-2)10-17(15)31-3/h4-10,16H,11H2,1-3H3,(H,24,28)(H4,22,23,25,26,27,29). The van der Waals surface area contributed by atoms with Crippen LogP contribution in [0.3, 0.4) is 0 Å². The summed E-state index contributed by atoms with van der Waals surface area (Å²) in [5.41, 5.74) is 8.20. The summed E-state index contributed by atoms with van der Waals surface area (Å²) >= 11 is 0. The Bertz CT molecular complexity index is 1030. The van der Waals surface area contributed by atoms with Crippen molar-refractivity contribution < 1.29 is 19.1 Å². The van der Waals surface area contributed by atoms with Gasteiger partial charge in [0.1, 0.15) is 17.5 Å². The first-order valence-corrected chi connectivity index (χ1v) is 9.46. The highest BCUT2D eigenvalue weighted by molar-refractivity contribution is 6.11. The minimum atomic E-state index is -0.907. The number of nitrogens with two attached hydrogens (primary N) is 1. The number of nitrogens with zero attached hydrogens (tertiary/aromatic N) is 2. The summed E-state index contributed by atoms with van der Waals surface area (Å²) in [6, 6.07) is 11.6. The Hall–Kier alpha value is -4.08. The van der Waals surface area contributed by atoms with E-state index in [0.717, 1.165) is 11.3 Å². The van der Waals surface area contributed by atoms with E-state index in [1.165, 1.54) is 14.2 Å². The normalized spacial score (nSPS) is 15.7. The molecule has 2 aromatic carbocycles. The summed E-state index contributed by atoms with van der Waals surface area (Å²) in [6.45, 7) is 1.98. The number of hydrogen-bond acceptors (Lipinski definition) is 6. The molecule has 1 heterocycles. The summed E-state index contributed by atoms with van der Waals surface area (Å²) in [5, 5.41) is 8.14. The quantitative estimate of drug-likeness (QED) is 0.410. The zero-order valence-corrected chi connectivity index (χ0v) is 17.4. The van der Waals surface area contributed by atoms with Gasteiger partial charge in [-0.25, -0.2) is 4.99 Å². The SMILES string of the molecule is COc1ccc(NC(=O)CC2N=C(/N=C(\N)Nc3ccc(C)cc3)NC2=O)c(OC)c1. The first-order chi connectivity index (χ1) is 14.9. The number of aliphatic imine (C=N–C) groups is 2. The lowest BCUT2D eigenvalue weighted by molar-refractivity contribution is -0.123. The predicted octanol–water partition coefficient (Wildman–Crippen LogP) is 1.62. The maximum atomic E-state index is 12.4. The van der Waals surface area contributed by atoms with Crippen LogP contribution < -0.4 is 31.2 Å². The molecular weight excluding hydrogens is 400 g/mol. The van der Waals surface area contributed by atoms with E-state index in [-0.39, 0.29) is 18.3 Å². The van der Waals surface area contributed by atoms with Crippen LogP contribution in [-0.4, -0.2) is 44.0 Å². The van der Waals surface area contributed by atoms with Gasteiger partial charge >= 0.3 is 0 Å². The smallest absolute Gasteiger partial charge is 0.252 e. The summed E-state index contributed by atoms with van der Waals surface area (Å²) in [7, 11) is 3.02. The summed E-state index contributed by atoms with van der Waals surface area (Å²) in [6.07, 6.45) is -0.161. The van der Waals surface area contributed by atoms with Gasteiger partial charge < -0.3 is 25.8 Å². The fraction of sp³-hybridized carbons (Fsp3) is 0.238. The Morgan fingerprint density at radius 1 is 1.16 bits per heavy atom. The Kier molecular flexibility index (Phi) is 6.71. The molecule has 1 atom stereocenters. The molecule has 0 saturated heterocycles. The number of amides is 2. The van der Waals surface area contributed by atoms with Gasteiger partial charge in [0.25, 0.3) is 5.91 Å². The second-order valence-electron chi connectivity index (χ2n) is 6.76. The van der Waals surface area contributed by atoms with Crippen molar-refractivity contribution in [2.75, 3.05) is 24.9 Å². The van der Waals surface area contributed by atoms with Gasteiger partial charge in [-0.3, -0.25) is 14.9 Å². The number of benzene rings is 2. The minimum absolute atomic E-state index is 0.0435. The van der Waals surface area contributed by atoms with Crippen LogP contribution in [0.2, 0.25) is 0 Å². The molecule has 5 N–H and O–H groups in total. The van der Waals surface area contributed by atoms with E-state index in [2.05, 4.69) is 25.9 Å². The van der Waals surface area contributed by atoms with Crippen molar-refractivity contribution in [3.63, 3.8) is 0 Å². The molecule has 0 saturated carbocycles. The van der Waals surface area contributed by atoms with Gasteiger partial charge in [-0.1, -0.05) is 17.7 Å². The van der Waals surface area contributed by atoms with E-state index >= 15 is 0 Å². The molecule has 0 aromatic heterocycles. The number of ether oxygens (including phenoxy) is 2. The second kappa shape index (κ2) is 9.61. The van der Waals surface area contributed by atoms with Gasteiger partial charge in [0.2, 0.25) is 17.8 Å². The fourth-order valence-electron chi connectivity index (χ4n) is 2.83. The number of carbonyl (C=O) groups is 2. The average Bonchev–Trinajstić information content (AvgIpc) is 3.08. The van der Waals surface area contributed by atoms with E-state index in [9.17, 15) is 9.59 Å². The molecule has 2 amide bonds. The monoisotopic (exact) mass is 424 g/mol. The second-order valence-corrected chi connectivity index (χ2v) is 6.76. The number of aryl methyl sites for hydroxylation is 1. The van der Waals surface area contributed by atoms with Crippen LogP contribution in [0.15, 0.2) is 52.4 Å². The molecule has 10 heteroatoms. The van der Waals surface area contributed by atoms with Crippen LogP contribution in [0.5, 0.6) is 11.5 Å². The number of hydrogen-bond donors (Lipinski definition) is 4. The highest BCUT2D eigenvalue weighted by Gasteiger charge is 2.29. The topological polar surface area (TPSA) is 139 Å². The molecule has 0 spiro atoms. The van der Waals surface area contributed by atoms with Gasteiger partial charge in [-0.2, -0.15) is 4.99 Å². The van der Waals surface area contributed by atoms with Gasteiger partial charge in [0, 0.05) is 11.8 Å². The largest absolute Gasteiger partial charge is 0.497 e. The molecular formula is C21H24N6O4. The van der Waals surface area contributed by atoms with Crippen molar-refractivity contribution in [1.29, 1.82) is 0 Å². The van der Waals surface area contributed by atoms with Crippen LogP contribution in [0.1, 0.15) is 12.0 Å². The number of methoxy groups -OCH3 is 2. The molecule has 0 fully saturated rings. The van der Waals surface area contributed by atoms with Crippen molar-refractivity contribution in [2.45, 2.75) is 19.4 Å². The molecule has 0 radical (unpaired) electrons. The van der Waals surface area contributed by atoms with Crippen LogP contribution in [-0.2, 0) is 9.59 Å². The van der Waals surface area contributed by atoms with E-state index < -0.39 is 17.9 Å². The van der Waals surface area contributed by atoms with Gasteiger partial charge in [0.05, 0.1) is 26.3 Å². The van der Waals surface area contributed by atoms with Crippen molar-refractivity contribution in [3.8, 4) is 11.5 Å². The molecule has 162 valence electrons. The lowest BCUT2D eigenvalue weighted by Crippen LogP contribution is -2.32. The van der Waals surface area contributed by atoms with Gasteiger partial charge in [-0.15, -0.1) is 0 Å². The molecule has 1 unspecified atom stereocenters. The van der Waals surface area contributed by atoms with Crippen molar-refractivity contribution in [3.05, 3.63) is 48.0 Å². The number of carbonyl (C=O) groups excluding carboxylic acids is 2. The first-order valence-electron chi connectivity index (χ1n) is 9.46. The Morgan fingerprint density at radius 3 is 2.58 bits per heavy atom. The number of rotatable bonds is 6. The minimum Gasteiger partial charge on any atom is -0.497 e. The number of anilines is 2. The maximum Gasteiger partial charge on any atom is 0.252 e. The van der Waals surface area contributed by atoms with Crippen molar-refractivity contribution in [2.24, 2.45) is 15.7 Å². The Labute approximate surface area is 179 Å². The van der Waals surface area contributed by atoms with Crippen molar-refractivity contribution >= 4 is 35.1 Å². The Balaban J connectivity index is 1.62. The fourth-order valence-corrected chi connectivity index (χ4v) is 2.83. The summed E-state index contributed by atoms with van der Waals surface area (Å²) in [5.74, 6) is 0.307. The van der Waals surface area contributed by atoms with Crippen LogP contribution in [0, 0.1) is 6.92 Å². The third-order valence-electron chi connectivity index (χ3n) is 4.43. The molecule has 10 nitrogen and oxygen atoms in total.